The fraction of sp³-hybridized carbons (Fsp3) is 0.690. The van der Waals surface area contributed by atoms with Crippen molar-refractivity contribution in [1.29, 1.82) is 0 Å². The fourth-order valence-electron chi connectivity index (χ4n) is 4.62. The number of carbonyl (C=O) groups excluding carboxylic acids is 2. The highest BCUT2D eigenvalue weighted by atomic mass is 32.1. The van der Waals surface area contributed by atoms with Gasteiger partial charge in [0.15, 0.2) is 6.29 Å². The number of carbonyl (C=O) groups is 2. The van der Waals surface area contributed by atoms with E-state index in [4.69, 9.17) is 14.2 Å². The Bertz CT molecular complexity index is 931. The molecule has 4 atom stereocenters. The van der Waals surface area contributed by atoms with Crippen molar-refractivity contribution in [3.8, 4) is 0 Å². The molecule has 0 aromatic carbocycles. The van der Waals surface area contributed by atoms with Gasteiger partial charge in [-0.15, -0.1) is 11.3 Å². The summed E-state index contributed by atoms with van der Waals surface area (Å²) in [6.07, 6.45) is 5.45. The maximum atomic E-state index is 13.1. The molecule has 0 radical (unpaired) electrons. The van der Waals surface area contributed by atoms with Gasteiger partial charge in [0.2, 0.25) is 0 Å². The Morgan fingerprint density at radius 2 is 1.78 bits per heavy atom. The van der Waals surface area contributed by atoms with Gasteiger partial charge in [0, 0.05) is 38.9 Å². The molecule has 0 fully saturated rings. The van der Waals surface area contributed by atoms with Crippen LogP contribution in [-0.2, 0) is 23.8 Å². The molecule has 0 saturated heterocycles. The Balaban J connectivity index is 2.68. The summed E-state index contributed by atoms with van der Waals surface area (Å²) in [4.78, 5) is 29.2. The standard InChI is InChI=1S/C29H47NO6S/c1-18(14-15-25(36-23(6)31)20(3)16-24-17-37-22(5)30-24)12-11-13-19(2)26(32)21(4)27(33)29(7,8)28(34-9)35-10/h14,16-17,19,21,25-26,28,32H,11-13,15H2,1-10H3/b18-14-,20-16+/t19-,21+,25?,26-/m0/s1. The highest BCUT2D eigenvalue weighted by Crippen LogP contribution is 2.32. The smallest absolute Gasteiger partial charge is 0.303 e. The number of nitrogens with zero attached hydrogens (tertiary/aromatic N) is 1. The maximum absolute atomic E-state index is 13.1. The van der Waals surface area contributed by atoms with Gasteiger partial charge in [-0.3, -0.25) is 9.59 Å². The number of allylic oxidation sites excluding steroid dienone is 1. The summed E-state index contributed by atoms with van der Waals surface area (Å²) in [7, 11) is 3.02. The zero-order valence-corrected chi connectivity index (χ0v) is 25.1. The third kappa shape index (κ3) is 10.4. The molecule has 0 aliphatic rings. The molecule has 0 aliphatic heterocycles. The van der Waals surface area contributed by atoms with Crippen LogP contribution in [0, 0.1) is 24.2 Å². The maximum Gasteiger partial charge on any atom is 0.303 e. The minimum absolute atomic E-state index is 0.0355. The number of ether oxygens (including phenoxy) is 3. The van der Waals surface area contributed by atoms with Crippen LogP contribution in [0.1, 0.15) is 84.9 Å². The second-order valence-electron chi connectivity index (χ2n) is 10.6. The van der Waals surface area contributed by atoms with Crippen LogP contribution in [0.4, 0.5) is 0 Å². The summed E-state index contributed by atoms with van der Waals surface area (Å²) >= 11 is 1.59. The monoisotopic (exact) mass is 537 g/mol. The number of rotatable bonds is 16. The van der Waals surface area contributed by atoms with Crippen molar-refractivity contribution in [2.24, 2.45) is 17.3 Å². The number of hydrogen-bond acceptors (Lipinski definition) is 8. The number of esters is 1. The summed E-state index contributed by atoms with van der Waals surface area (Å²) < 4.78 is 16.2. The van der Waals surface area contributed by atoms with Crippen LogP contribution in [0.3, 0.4) is 0 Å². The molecule has 37 heavy (non-hydrogen) atoms. The van der Waals surface area contributed by atoms with Gasteiger partial charge in [0.05, 0.1) is 22.2 Å². The van der Waals surface area contributed by atoms with Gasteiger partial charge in [0.25, 0.3) is 0 Å². The molecule has 0 aliphatic carbocycles. The number of aliphatic hydroxyl groups is 1. The lowest BCUT2D eigenvalue weighted by molar-refractivity contribution is -0.182. The van der Waals surface area contributed by atoms with Crippen LogP contribution in [0.15, 0.2) is 22.6 Å². The van der Waals surface area contributed by atoms with Crippen molar-refractivity contribution in [2.75, 3.05) is 14.2 Å². The van der Waals surface area contributed by atoms with E-state index in [2.05, 4.69) is 18.0 Å². The van der Waals surface area contributed by atoms with Gasteiger partial charge in [-0.2, -0.15) is 0 Å². The minimum Gasteiger partial charge on any atom is -0.458 e. The third-order valence-corrected chi connectivity index (χ3v) is 7.69. The number of aliphatic hydroxyl groups excluding tert-OH is 1. The highest BCUT2D eigenvalue weighted by Gasteiger charge is 2.42. The normalized spacial score (nSPS) is 16.4. The van der Waals surface area contributed by atoms with E-state index in [1.165, 1.54) is 26.7 Å². The van der Waals surface area contributed by atoms with Gasteiger partial charge < -0.3 is 19.3 Å². The van der Waals surface area contributed by atoms with E-state index in [0.717, 1.165) is 35.5 Å². The lowest BCUT2D eigenvalue weighted by Gasteiger charge is -2.35. The molecule has 1 unspecified atom stereocenters. The average Bonchev–Trinajstić information content (AvgIpc) is 3.24. The predicted octanol–water partition coefficient (Wildman–Crippen LogP) is 6.14. The lowest BCUT2D eigenvalue weighted by Crippen LogP contribution is -2.46. The molecule has 0 amide bonds. The lowest BCUT2D eigenvalue weighted by atomic mass is 9.76. The molecule has 1 aromatic rings. The van der Waals surface area contributed by atoms with Gasteiger partial charge >= 0.3 is 5.97 Å². The Morgan fingerprint density at radius 3 is 2.30 bits per heavy atom. The van der Waals surface area contributed by atoms with E-state index in [9.17, 15) is 14.7 Å². The quantitative estimate of drug-likeness (QED) is 0.154. The Hall–Kier alpha value is -1.87. The van der Waals surface area contributed by atoms with Crippen molar-refractivity contribution in [3.63, 3.8) is 0 Å². The van der Waals surface area contributed by atoms with E-state index in [0.29, 0.717) is 6.42 Å². The van der Waals surface area contributed by atoms with Gasteiger partial charge in [-0.25, -0.2) is 4.98 Å². The summed E-state index contributed by atoms with van der Waals surface area (Å²) in [5.41, 5.74) is 2.16. The molecule has 7 nitrogen and oxygen atoms in total. The topological polar surface area (TPSA) is 95.0 Å². The number of hydrogen-bond donors (Lipinski definition) is 1. The van der Waals surface area contributed by atoms with E-state index in [1.54, 1.807) is 32.1 Å². The second kappa shape index (κ2) is 15.5. The molecule has 8 heteroatoms. The molecular weight excluding hydrogens is 490 g/mol. The summed E-state index contributed by atoms with van der Waals surface area (Å²) in [6.45, 7) is 14.7. The molecule has 1 rings (SSSR count). The Morgan fingerprint density at radius 1 is 1.16 bits per heavy atom. The Kier molecular flexibility index (Phi) is 13.9. The zero-order valence-electron chi connectivity index (χ0n) is 24.3. The van der Waals surface area contributed by atoms with Crippen molar-refractivity contribution in [1.82, 2.24) is 4.98 Å². The molecule has 1 N–H and O–H groups in total. The van der Waals surface area contributed by atoms with E-state index < -0.39 is 23.7 Å². The molecule has 0 spiro atoms. The first-order valence-corrected chi connectivity index (χ1v) is 13.8. The first kappa shape index (κ1) is 33.2. The van der Waals surface area contributed by atoms with Gasteiger partial charge in [-0.1, -0.05) is 25.5 Å². The number of aryl methyl sites for hydroxylation is 1. The van der Waals surface area contributed by atoms with Crippen LogP contribution in [0.2, 0.25) is 0 Å². The molecule has 210 valence electrons. The minimum atomic E-state index is -0.869. The first-order valence-electron chi connectivity index (χ1n) is 13.0. The van der Waals surface area contributed by atoms with Gasteiger partial charge in [0.1, 0.15) is 11.9 Å². The van der Waals surface area contributed by atoms with Crippen LogP contribution in [-0.4, -0.2) is 54.6 Å². The number of ketones is 1. The number of Topliss-reactive ketones (excluding diaryl/α,β-unsaturated/α-hetero) is 1. The average molecular weight is 538 g/mol. The van der Waals surface area contributed by atoms with Gasteiger partial charge in [-0.05, 0) is 71.4 Å². The summed E-state index contributed by atoms with van der Waals surface area (Å²) in [5.74, 6) is -0.957. The van der Waals surface area contributed by atoms with Crippen LogP contribution in [0.25, 0.3) is 6.08 Å². The van der Waals surface area contributed by atoms with Crippen LogP contribution in [0.5, 0.6) is 0 Å². The molecule has 1 heterocycles. The third-order valence-electron chi connectivity index (χ3n) is 6.90. The van der Waals surface area contributed by atoms with Crippen LogP contribution >= 0.6 is 11.3 Å². The predicted molar refractivity (Wildman–Crippen MR) is 149 cm³/mol. The number of methoxy groups -OCH3 is 2. The molecule has 0 bridgehead atoms. The van der Waals surface area contributed by atoms with Crippen molar-refractivity contribution < 1.29 is 28.9 Å². The SMILES string of the molecule is COC(OC)C(C)(C)C(=O)[C@H](C)[C@@H](O)[C@@H](C)CCC/C(C)=C\CC(OC(C)=O)/C(C)=C/c1csc(C)n1. The Labute approximate surface area is 227 Å². The van der Waals surface area contributed by atoms with E-state index in [-0.39, 0.29) is 23.8 Å². The van der Waals surface area contributed by atoms with E-state index >= 15 is 0 Å². The fourth-order valence-corrected chi connectivity index (χ4v) is 5.19. The first-order chi connectivity index (χ1) is 17.2. The number of thiazole rings is 1. The van der Waals surface area contributed by atoms with Crippen molar-refractivity contribution in [3.05, 3.63) is 33.3 Å². The van der Waals surface area contributed by atoms with Crippen LogP contribution < -0.4 is 0 Å². The summed E-state index contributed by atoms with van der Waals surface area (Å²) in [6, 6.07) is 0. The molecular formula is C29H47NO6S. The largest absolute Gasteiger partial charge is 0.458 e. The summed E-state index contributed by atoms with van der Waals surface area (Å²) in [5, 5.41) is 13.9. The van der Waals surface area contributed by atoms with Crippen molar-refractivity contribution >= 4 is 29.2 Å². The number of aromatic nitrogens is 1. The highest BCUT2D eigenvalue weighted by molar-refractivity contribution is 7.09. The molecule has 0 saturated carbocycles. The zero-order chi connectivity index (χ0) is 28.3. The van der Waals surface area contributed by atoms with Crippen molar-refractivity contribution in [2.45, 2.75) is 99.6 Å². The molecule has 1 aromatic heterocycles. The second-order valence-corrected chi connectivity index (χ2v) is 11.7. The van der Waals surface area contributed by atoms with E-state index in [1.807, 2.05) is 32.2 Å².